The quantitative estimate of drug-likeness (QED) is 0.624. The summed E-state index contributed by atoms with van der Waals surface area (Å²) in [5.41, 5.74) is 0. The van der Waals surface area contributed by atoms with Crippen molar-refractivity contribution in [1.29, 1.82) is 0 Å². The lowest BCUT2D eigenvalue weighted by Gasteiger charge is -2.03. The van der Waals surface area contributed by atoms with E-state index in [-0.39, 0.29) is 0 Å². The van der Waals surface area contributed by atoms with Crippen molar-refractivity contribution in [2.75, 3.05) is 5.32 Å². The second kappa shape index (κ2) is 2.53. The first-order valence-corrected chi connectivity index (χ1v) is 3.05. The summed E-state index contributed by atoms with van der Waals surface area (Å²) >= 11 is 0. The number of hydrogen-bond donors (Lipinski definition) is 2. The lowest BCUT2D eigenvalue weighted by Crippen LogP contribution is -2.10. The molecular formula is C6H11N3. The molecule has 0 amide bonds. The first-order valence-electron chi connectivity index (χ1n) is 3.05. The van der Waals surface area contributed by atoms with Gasteiger partial charge in [0.05, 0.1) is 0 Å². The molecule has 0 aliphatic rings. The van der Waals surface area contributed by atoms with Gasteiger partial charge in [0.1, 0.15) is 0 Å². The van der Waals surface area contributed by atoms with E-state index >= 15 is 0 Å². The standard InChI is InChI=1S/C6H11N3/c1-5(2)9-6-7-3-4-8-6/h3-5H,1-2H3,(H2,7,8,9). The van der Waals surface area contributed by atoms with Gasteiger partial charge < -0.3 is 10.3 Å². The van der Waals surface area contributed by atoms with Gasteiger partial charge in [-0.3, -0.25) is 0 Å². The summed E-state index contributed by atoms with van der Waals surface area (Å²) in [5, 5.41) is 3.12. The van der Waals surface area contributed by atoms with Gasteiger partial charge in [-0.2, -0.15) is 0 Å². The van der Waals surface area contributed by atoms with Crippen LogP contribution in [0.3, 0.4) is 0 Å². The largest absolute Gasteiger partial charge is 0.354 e. The Bertz CT molecular complexity index is 155. The molecule has 3 heteroatoms. The number of imidazole rings is 1. The molecule has 0 atom stereocenters. The van der Waals surface area contributed by atoms with Crippen molar-refractivity contribution < 1.29 is 0 Å². The van der Waals surface area contributed by atoms with Crippen LogP contribution in [-0.4, -0.2) is 16.0 Å². The summed E-state index contributed by atoms with van der Waals surface area (Å²) < 4.78 is 0. The van der Waals surface area contributed by atoms with E-state index in [2.05, 4.69) is 29.1 Å². The van der Waals surface area contributed by atoms with Gasteiger partial charge in [-0.1, -0.05) is 0 Å². The Hall–Kier alpha value is -0.990. The number of hydrogen-bond acceptors (Lipinski definition) is 2. The third kappa shape index (κ3) is 1.76. The van der Waals surface area contributed by atoms with Crippen LogP contribution in [-0.2, 0) is 0 Å². The summed E-state index contributed by atoms with van der Waals surface area (Å²) in [4.78, 5) is 6.94. The molecule has 0 aliphatic carbocycles. The fourth-order valence-corrected chi connectivity index (χ4v) is 0.618. The first-order chi connectivity index (χ1) is 4.29. The normalized spacial score (nSPS) is 10.1. The van der Waals surface area contributed by atoms with Gasteiger partial charge in [-0.25, -0.2) is 4.98 Å². The first kappa shape index (κ1) is 6.13. The molecule has 0 fully saturated rings. The number of aromatic nitrogens is 2. The monoisotopic (exact) mass is 125 g/mol. The van der Waals surface area contributed by atoms with E-state index in [1.807, 2.05) is 0 Å². The zero-order valence-electron chi connectivity index (χ0n) is 5.68. The molecule has 2 N–H and O–H groups in total. The predicted molar refractivity (Wildman–Crippen MR) is 37.3 cm³/mol. The van der Waals surface area contributed by atoms with Crippen LogP contribution in [0.25, 0.3) is 0 Å². The van der Waals surface area contributed by atoms with E-state index < -0.39 is 0 Å². The maximum Gasteiger partial charge on any atom is 0.200 e. The Morgan fingerprint density at radius 3 is 2.89 bits per heavy atom. The molecule has 0 bridgehead atoms. The summed E-state index contributed by atoms with van der Waals surface area (Å²) in [5.74, 6) is 0.838. The van der Waals surface area contributed by atoms with Gasteiger partial charge in [-0.15, -0.1) is 0 Å². The van der Waals surface area contributed by atoms with Crippen molar-refractivity contribution in [1.82, 2.24) is 9.97 Å². The second-order valence-corrected chi connectivity index (χ2v) is 2.24. The van der Waals surface area contributed by atoms with Crippen LogP contribution in [0.2, 0.25) is 0 Å². The Labute approximate surface area is 54.5 Å². The maximum atomic E-state index is 3.99. The minimum absolute atomic E-state index is 0.441. The smallest absolute Gasteiger partial charge is 0.200 e. The van der Waals surface area contributed by atoms with Gasteiger partial charge in [-0.05, 0) is 13.8 Å². The Morgan fingerprint density at radius 2 is 2.44 bits per heavy atom. The van der Waals surface area contributed by atoms with Gasteiger partial charge in [0.25, 0.3) is 0 Å². The molecule has 0 saturated heterocycles. The van der Waals surface area contributed by atoms with E-state index in [1.54, 1.807) is 12.4 Å². The van der Waals surface area contributed by atoms with Crippen LogP contribution in [0.1, 0.15) is 13.8 Å². The van der Waals surface area contributed by atoms with Gasteiger partial charge in [0, 0.05) is 18.4 Å². The highest BCUT2D eigenvalue weighted by atomic mass is 15.1. The van der Waals surface area contributed by atoms with E-state index in [1.165, 1.54) is 0 Å². The SMILES string of the molecule is CC(C)Nc1ncc[nH]1. The number of nitrogens with one attached hydrogen (secondary N) is 2. The number of anilines is 1. The van der Waals surface area contributed by atoms with E-state index in [0.29, 0.717) is 6.04 Å². The molecule has 0 unspecified atom stereocenters. The minimum Gasteiger partial charge on any atom is -0.354 e. The molecule has 1 aromatic heterocycles. The average molecular weight is 125 g/mol. The fraction of sp³-hybridized carbons (Fsp3) is 0.500. The summed E-state index contributed by atoms with van der Waals surface area (Å²) in [7, 11) is 0. The van der Waals surface area contributed by atoms with Crippen LogP contribution in [0.15, 0.2) is 12.4 Å². The van der Waals surface area contributed by atoms with Crippen LogP contribution in [0, 0.1) is 0 Å². The maximum absolute atomic E-state index is 3.99. The summed E-state index contributed by atoms with van der Waals surface area (Å²) in [6.07, 6.45) is 3.52. The molecule has 1 aromatic rings. The Morgan fingerprint density at radius 1 is 1.67 bits per heavy atom. The van der Waals surface area contributed by atoms with E-state index in [9.17, 15) is 0 Å². The topological polar surface area (TPSA) is 40.7 Å². The molecule has 1 rings (SSSR count). The van der Waals surface area contributed by atoms with Gasteiger partial charge in [0.15, 0.2) is 5.95 Å². The summed E-state index contributed by atoms with van der Waals surface area (Å²) in [6.45, 7) is 4.14. The molecule has 0 aliphatic heterocycles. The molecule has 0 spiro atoms. The van der Waals surface area contributed by atoms with Crippen molar-refractivity contribution in [2.24, 2.45) is 0 Å². The molecule has 1 heterocycles. The van der Waals surface area contributed by atoms with Gasteiger partial charge >= 0.3 is 0 Å². The highest BCUT2D eigenvalue weighted by Crippen LogP contribution is 1.96. The molecule has 3 nitrogen and oxygen atoms in total. The Kier molecular flexibility index (Phi) is 1.72. The molecule has 50 valence electrons. The number of rotatable bonds is 2. The number of nitrogens with zero attached hydrogens (tertiary/aromatic N) is 1. The lowest BCUT2D eigenvalue weighted by atomic mass is 10.4. The van der Waals surface area contributed by atoms with Crippen LogP contribution >= 0.6 is 0 Å². The molecule has 9 heavy (non-hydrogen) atoms. The van der Waals surface area contributed by atoms with Crippen molar-refractivity contribution in [3.05, 3.63) is 12.4 Å². The highest BCUT2D eigenvalue weighted by molar-refractivity contribution is 5.23. The van der Waals surface area contributed by atoms with E-state index in [0.717, 1.165) is 5.95 Å². The summed E-state index contributed by atoms with van der Waals surface area (Å²) in [6, 6.07) is 0.441. The van der Waals surface area contributed by atoms with Crippen molar-refractivity contribution in [3.63, 3.8) is 0 Å². The van der Waals surface area contributed by atoms with Crippen LogP contribution in [0.4, 0.5) is 5.95 Å². The molecule has 0 aromatic carbocycles. The van der Waals surface area contributed by atoms with Crippen molar-refractivity contribution in [3.8, 4) is 0 Å². The minimum atomic E-state index is 0.441. The van der Waals surface area contributed by atoms with Crippen molar-refractivity contribution in [2.45, 2.75) is 19.9 Å². The second-order valence-electron chi connectivity index (χ2n) is 2.24. The third-order valence-corrected chi connectivity index (χ3v) is 0.924. The predicted octanol–water partition coefficient (Wildman–Crippen LogP) is 1.23. The number of H-pyrrole nitrogens is 1. The lowest BCUT2D eigenvalue weighted by molar-refractivity contribution is 0.882. The van der Waals surface area contributed by atoms with Crippen LogP contribution in [0.5, 0.6) is 0 Å². The zero-order valence-corrected chi connectivity index (χ0v) is 5.68. The van der Waals surface area contributed by atoms with Gasteiger partial charge in [0.2, 0.25) is 0 Å². The van der Waals surface area contributed by atoms with E-state index in [4.69, 9.17) is 0 Å². The molecule has 0 saturated carbocycles. The fourth-order valence-electron chi connectivity index (χ4n) is 0.618. The number of aromatic amines is 1. The van der Waals surface area contributed by atoms with Crippen molar-refractivity contribution >= 4 is 5.95 Å². The molecular weight excluding hydrogens is 114 g/mol. The van der Waals surface area contributed by atoms with Crippen LogP contribution < -0.4 is 5.32 Å². The molecule has 0 radical (unpaired) electrons. The highest BCUT2D eigenvalue weighted by Gasteiger charge is 1.93. The zero-order chi connectivity index (χ0) is 6.69. The Balaban J connectivity index is 2.48. The average Bonchev–Trinajstić information content (AvgIpc) is 2.15. The third-order valence-electron chi connectivity index (χ3n) is 0.924.